The van der Waals surface area contributed by atoms with Gasteiger partial charge in [-0.15, -0.1) is 0 Å². The van der Waals surface area contributed by atoms with Gasteiger partial charge in [0, 0.05) is 5.92 Å². The minimum atomic E-state index is 0.502. The van der Waals surface area contributed by atoms with Crippen molar-refractivity contribution in [3.63, 3.8) is 0 Å². The SMILES string of the molecule is CC/C=C\C=C(/CC)CC1=C(C2C=CC(C)=CC2C)c2ccccc2C1. The molecular formula is C26H32. The molecule has 1 aromatic rings. The van der Waals surface area contributed by atoms with Crippen molar-refractivity contribution < 1.29 is 0 Å². The Morgan fingerprint density at radius 3 is 2.73 bits per heavy atom. The van der Waals surface area contributed by atoms with E-state index in [9.17, 15) is 0 Å². The lowest BCUT2D eigenvalue weighted by Gasteiger charge is -2.26. The highest BCUT2D eigenvalue weighted by atomic mass is 14.3. The standard InChI is InChI=1S/C26H32/c1-5-7-8-11-21(6-2)17-23-18-22-12-9-10-13-25(22)26(23)24-15-14-19(3)16-20(24)4/h7-16,20,24H,5-6,17-18H2,1-4H3/b8-7-,21-11+. The highest BCUT2D eigenvalue weighted by Gasteiger charge is 2.29. The van der Waals surface area contributed by atoms with E-state index < -0.39 is 0 Å². The van der Waals surface area contributed by atoms with Crippen molar-refractivity contribution in [2.75, 3.05) is 0 Å². The summed E-state index contributed by atoms with van der Waals surface area (Å²) >= 11 is 0. The third-order valence-corrected chi connectivity index (χ3v) is 5.68. The molecule has 0 aliphatic heterocycles. The van der Waals surface area contributed by atoms with Crippen LogP contribution in [-0.4, -0.2) is 0 Å². The van der Waals surface area contributed by atoms with Gasteiger partial charge in [0.05, 0.1) is 0 Å². The minimum Gasteiger partial charge on any atom is -0.0848 e. The zero-order chi connectivity index (χ0) is 18.5. The first-order chi connectivity index (χ1) is 12.6. The Bertz CT molecular complexity index is 795. The van der Waals surface area contributed by atoms with E-state index in [1.165, 1.54) is 22.3 Å². The molecular weight excluding hydrogens is 312 g/mol. The largest absolute Gasteiger partial charge is 0.0848 e. The Balaban J connectivity index is 1.98. The number of fused-ring (bicyclic) bond motifs is 1. The third kappa shape index (κ3) is 4.01. The van der Waals surface area contributed by atoms with Crippen LogP contribution in [0, 0.1) is 11.8 Å². The summed E-state index contributed by atoms with van der Waals surface area (Å²) in [6, 6.07) is 9.02. The molecule has 0 radical (unpaired) electrons. The molecule has 0 fully saturated rings. The molecule has 136 valence electrons. The van der Waals surface area contributed by atoms with Crippen LogP contribution in [-0.2, 0) is 6.42 Å². The molecule has 1 aromatic carbocycles. The zero-order valence-electron chi connectivity index (χ0n) is 16.8. The van der Waals surface area contributed by atoms with Crippen LogP contribution in [0.1, 0.15) is 58.1 Å². The van der Waals surface area contributed by atoms with Gasteiger partial charge in [-0.3, -0.25) is 0 Å². The van der Waals surface area contributed by atoms with Gasteiger partial charge in [0.15, 0.2) is 0 Å². The number of hydrogen-bond donors (Lipinski definition) is 0. The average Bonchev–Trinajstić information content (AvgIpc) is 2.99. The Kier molecular flexibility index (Phi) is 6.14. The first kappa shape index (κ1) is 18.7. The molecule has 2 atom stereocenters. The predicted molar refractivity (Wildman–Crippen MR) is 115 cm³/mol. The van der Waals surface area contributed by atoms with Crippen LogP contribution in [0.4, 0.5) is 0 Å². The van der Waals surface area contributed by atoms with E-state index in [0.29, 0.717) is 11.8 Å². The van der Waals surface area contributed by atoms with Gasteiger partial charge in [-0.05, 0) is 55.2 Å². The lowest BCUT2D eigenvalue weighted by atomic mass is 9.78. The summed E-state index contributed by atoms with van der Waals surface area (Å²) in [5, 5.41) is 0. The van der Waals surface area contributed by atoms with Gasteiger partial charge in [0.25, 0.3) is 0 Å². The van der Waals surface area contributed by atoms with Gasteiger partial charge in [-0.1, -0.05) is 98.2 Å². The number of benzene rings is 1. The van der Waals surface area contributed by atoms with Crippen molar-refractivity contribution >= 4 is 5.57 Å². The minimum absolute atomic E-state index is 0.502. The lowest BCUT2D eigenvalue weighted by Crippen LogP contribution is -2.13. The van der Waals surface area contributed by atoms with Crippen LogP contribution >= 0.6 is 0 Å². The van der Waals surface area contributed by atoms with Gasteiger partial charge >= 0.3 is 0 Å². The maximum atomic E-state index is 2.43. The summed E-state index contributed by atoms with van der Waals surface area (Å²) in [6.07, 6.45) is 18.4. The van der Waals surface area contributed by atoms with Crippen molar-refractivity contribution in [3.05, 3.63) is 88.6 Å². The van der Waals surface area contributed by atoms with E-state index in [-0.39, 0.29) is 0 Å². The predicted octanol–water partition coefficient (Wildman–Crippen LogP) is 7.46. The van der Waals surface area contributed by atoms with E-state index in [0.717, 1.165) is 25.7 Å². The molecule has 2 unspecified atom stereocenters. The van der Waals surface area contributed by atoms with E-state index in [2.05, 4.69) is 88.4 Å². The molecule has 0 saturated carbocycles. The fourth-order valence-corrected chi connectivity index (χ4v) is 4.31. The molecule has 3 rings (SSSR count). The van der Waals surface area contributed by atoms with Gasteiger partial charge in [-0.2, -0.15) is 0 Å². The maximum Gasteiger partial charge on any atom is 0.00873 e. The number of rotatable bonds is 6. The fourth-order valence-electron chi connectivity index (χ4n) is 4.31. The van der Waals surface area contributed by atoms with Crippen molar-refractivity contribution in [3.8, 4) is 0 Å². The molecule has 0 nitrogen and oxygen atoms in total. The second kappa shape index (κ2) is 8.54. The van der Waals surface area contributed by atoms with Crippen LogP contribution in [0.2, 0.25) is 0 Å². The second-order valence-corrected chi connectivity index (χ2v) is 7.70. The number of hydrogen-bond acceptors (Lipinski definition) is 0. The Morgan fingerprint density at radius 1 is 1.19 bits per heavy atom. The topological polar surface area (TPSA) is 0 Å². The Hall–Kier alpha value is -2.08. The van der Waals surface area contributed by atoms with Gasteiger partial charge in [-0.25, -0.2) is 0 Å². The second-order valence-electron chi connectivity index (χ2n) is 7.70. The molecule has 0 N–H and O–H groups in total. The molecule has 0 heterocycles. The summed E-state index contributed by atoms with van der Waals surface area (Å²) < 4.78 is 0. The van der Waals surface area contributed by atoms with E-state index in [1.807, 2.05) is 0 Å². The van der Waals surface area contributed by atoms with Crippen LogP contribution in [0.5, 0.6) is 0 Å². The van der Waals surface area contributed by atoms with E-state index in [1.54, 1.807) is 11.1 Å². The average molecular weight is 345 g/mol. The maximum absolute atomic E-state index is 2.43. The first-order valence-electron chi connectivity index (χ1n) is 10.1. The molecule has 26 heavy (non-hydrogen) atoms. The molecule has 0 bridgehead atoms. The van der Waals surface area contributed by atoms with Gasteiger partial charge < -0.3 is 0 Å². The summed E-state index contributed by atoms with van der Waals surface area (Å²) in [5.74, 6) is 1.06. The van der Waals surface area contributed by atoms with Crippen LogP contribution in [0.15, 0.2) is 77.4 Å². The van der Waals surface area contributed by atoms with Crippen LogP contribution < -0.4 is 0 Å². The normalized spacial score (nSPS) is 22.9. The summed E-state index contributed by atoms with van der Waals surface area (Å²) in [7, 11) is 0. The van der Waals surface area contributed by atoms with E-state index >= 15 is 0 Å². The van der Waals surface area contributed by atoms with E-state index in [4.69, 9.17) is 0 Å². The zero-order valence-corrected chi connectivity index (χ0v) is 16.8. The molecule has 0 spiro atoms. The lowest BCUT2D eigenvalue weighted by molar-refractivity contribution is 0.613. The monoisotopic (exact) mass is 344 g/mol. The van der Waals surface area contributed by atoms with Crippen molar-refractivity contribution in [1.29, 1.82) is 0 Å². The molecule has 2 aliphatic carbocycles. The van der Waals surface area contributed by atoms with Crippen molar-refractivity contribution in [2.45, 2.75) is 53.4 Å². The molecule has 0 amide bonds. The first-order valence-corrected chi connectivity index (χ1v) is 10.1. The highest BCUT2D eigenvalue weighted by Crippen LogP contribution is 2.44. The molecule has 2 aliphatic rings. The van der Waals surface area contributed by atoms with Crippen molar-refractivity contribution in [1.82, 2.24) is 0 Å². The number of allylic oxidation sites excluding steroid dienone is 10. The van der Waals surface area contributed by atoms with Gasteiger partial charge in [0.2, 0.25) is 0 Å². The van der Waals surface area contributed by atoms with Gasteiger partial charge in [0.1, 0.15) is 0 Å². The van der Waals surface area contributed by atoms with Crippen LogP contribution in [0.25, 0.3) is 5.57 Å². The fraction of sp³-hybridized carbons (Fsp3) is 0.385. The van der Waals surface area contributed by atoms with Crippen molar-refractivity contribution in [2.24, 2.45) is 11.8 Å². The highest BCUT2D eigenvalue weighted by molar-refractivity contribution is 5.80. The summed E-state index contributed by atoms with van der Waals surface area (Å²) in [4.78, 5) is 0. The Morgan fingerprint density at radius 2 is 2.00 bits per heavy atom. The summed E-state index contributed by atoms with van der Waals surface area (Å²) in [6.45, 7) is 9.04. The van der Waals surface area contributed by atoms with Crippen LogP contribution in [0.3, 0.4) is 0 Å². The molecule has 0 heteroatoms. The summed E-state index contributed by atoms with van der Waals surface area (Å²) in [5.41, 5.74) is 9.13. The molecule has 0 saturated heterocycles. The Labute approximate surface area is 159 Å². The quantitative estimate of drug-likeness (QED) is 0.470. The molecule has 0 aromatic heterocycles. The smallest absolute Gasteiger partial charge is 0.00873 e. The third-order valence-electron chi connectivity index (χ3n) is 5.68.